The third-order valence-corrected chi connectivity index (χ3v) is 3.01. The molecule has 0 spiro atoms. The van der Waals surface area contributed by atoms with Crippen molar-refractivity contribution in [3.05, 3.63) is 6.07 Å². The standard InChI is InChI=1S/C11H18N6O/c1-8(18)16-3-2-4-17(6-5-16)10-7-9(12)14-11(13)15-10/h7H,2-6H2,1H3,(H4,12,13,14,15). The number of nitrogen functional groups attached to an aromatic ring is 2. The van der Waals surface area contributed by atoms with E-state index in [1.807, 2.05) is 4.90 Å². The lowest BCUT2D eigenvalue weighted by atomic mass is 10.3. The molecule has 0 bridgehead atoms. The fourth-order valence-electron chi connectivity index (χ4n) is 2.09. The van der Waals surface area contributed by atoms with Crippen LogP contribution in [0.15, 0.2) is 6.07 Å². The molecule has 7 heteroatoms. The van der Waals surface area contributed by atoms with Crippen molar-refractivity contribution in [3.8, 4) is 0 Å². The molecular formula is C11H18N6O. The van der Waals surface area contributed by atoms with Crippen LogP contribution in [0.4, 0.5) is 17.6 Å². The van der Waals surface area contributed by atoms with Crippen LogP contribution in [0.3, 0.4) is 0 Å². The van der Waals surface area contributed by atoms with Crippen LogP contribution in [-0.2, 0) is 4.79 Å². The van der Waals surface area contributed by atoms with E-state index in [2.05, 4.69) is 14.9 Å². The first-order chi connectivity index (χ1) is 8.56. The number of aromatic nitrogens is 2. The van der Waals surface area contributed by atoms with E-state index in [0.717, 1.165) is 31.9 Å². The summed E-state index contributed by atoms with van der Waals surface area (Å²) in [5, 5.41) is 0. The molecular weight excluding hydrogens is 232 g/mol. The van der Waals surface area contributed by atoms with Crippen LogP contribution < -0.4 is 16.4 Å². The highest BCUT2D eigenvalue weighted by Gasteiger charge is 2.18. The monoisotopic (exact) mass is 250 g/mol. The van der Waals surface area contributed by atoms with Gasteiger partial charge >= 0.3 is 0 Å². The molecule has 1 fully saturated rings. The van der Waals surface area contributed by atoms with Crippen LogP contribution in [0.25, 0.3) is 0 Å². The Morgan fingerprint density at radius 2 is 2.00 bits per heavy atom. The summed E-state index contributed by atoms with van der Waals surface area (Å²) < 4.78 is 0. The Bertz CT molecular complexity index is 429. The second-order valence-electron chi connectivity index (χ2n) is 4.36. The van der Waals surface area contributed by atoms with Crippen molar-refractivity contribution in [2.45, 2.75) is 13.3 Å². The molecule has 1 aromatic rings. The van der Waals surface area contributed by atoms with Crippen LogP contribution >= 0.6 is 0 Å². The topological polar surface area (TPSA) is 101 Å². The summed E-state index contributed by atoms with van der Waals surface area (Å²) in [4.78, 5) is 23.3. The number of hydrogen-bond donors (Lipinski definition) is 2. The van der Waals surface area contributed by atoms with Crippen molar-refractivity contribution >= 4 is 23.5 Å². The molecule has 18 heavy (non-hydrogen) atoms. The fraction of sp³-hybridized carbons (Fsp3) is 0.545. The fourth-order valence-corrected chi connectivity index (χ4v) is 2.09. The molecule has 4 N–H and O–H groups in total. The van der Waals surface area contributed by atoms with Crippen LogP contribution in [0.5, 0.6) is 0 Å². The molecule has 1 aliphatic rings. The Morgan fingerprint density at radius 3 is 2.67 bits per heavy atom. The minimum absolute atomic E-state index is 0.110. The van der Waals surface area contributed by atoms with E-state index >= 15 is 0 Å². The average molecular weight is 250 g/mol. The summed E-state index contributed by atoms with van der Waals surface area (Å²) in [7, 11) is 0. The highest BCUT2D eigenvalue weighted by Crippen LogP contribution is 2.17. The van der Waals surface area contributed by atoms with Crippen LogP contribution in [0.1, 0.15) is 13.3 Å². The Labute approximate surface area is 106 Å². The molecule has 0 saturated carbocycles. The van der Waals surface area contributed by atoms with Crippen LogP contribution in [0.2, 0.25) is 0 Å². The normalized spacial score (nSPS) is 16.5. The zero-order valence-corrected chi connectivity index (χ0v) is 10.5. The van der Waals surface area contributed by atoms with Crippen molar-refractivity contribution < 1.29 is 4.79 Å². The second kappa shape index (κ2) is 5.07. The highest BCUT2D eigenvalue weighted by molar-refractivity contribution is 5.73. The maximum Gasteiger partial charge on any atom is 0.223 e. The van der Waals surface area contributed by atoms with Gasteiger partial charge in [0.1, 0.15) is 11.6 Å². The minimum atomic E-state index is 0.110. The maximum atomic E-state index is 11.3. The van der Waals surface area contributed by atoms with Crippen LogP contribution in [-0.4, -0.2) is 47.0 Å². The zero-order chi connectivity index (χ0) is 13.1. The average Bonchev–Trinajstić information content (AvgIpc) is 2.52. The van der Waals surface area contributed by atoms with Crippen molar-refractivity contribution in [1.82, 2.24) is 14.9 Å². The van der Waals surface area contributed by atoms with E-state index in [4.69, 9.17) is 11.5 Å². The van der Waals surface area contributed by atoms with Crippen molar-refractivity contribution in [1.29, 1.82) is 0 Å². The Hall–Kier alpha value is -2.05. The first-order valence-electron chi connectivity index (χ1n) is 5.97. The number of carbonyl (C=O) groups excluding carboxylic acids is 1. The van der Waals surface area contributed by atoms with E-state index in [1.54, 1.807) is 13.0 Å². The molecule has 98 valence electrons. The van der Waals surface area contributed by atoms with Gasteiger partial charge in [-0.1, -0.05) is 0 Å². The van der Waals surface area contributed by atoms with Crippen molar-refractivity contribution in [2.24, 2.45) is 0 Å². The van der Waals surface area contributed by atoms with Gasteiger partial charge in [-0.25, -0.2) is 0 Å². The Morgan fingerprint density at radius 1 is 1.22 bits per heavy atom. The number of nitrogens with two attached hydrogens (primary N) is 2. The van der Waals surface area contributed by atoms with Gasteiger partial charge in [-0.15, -0.1) is 0 Å². The third-order valence-electron chi connectivity index (χ3n) is 3.01. The molecule has 2 rings (SSSR count). The predicted molar refractivity (Wildman–Crippen MR) is 69.9 cm³/mol. The molecule has 0 radical (unpaired) electrons. The Balaban J connectivity index is 2.12. The summed E-state index contributed by atoms with van der Waals surface area (Å²) in [5.74, 6) is 1.38. The first-order valence-corrected chi connectivity index (χ1v) is 5.97. The Kier molecular flexibility index (Phi) is 3.50. The van der Waals surface area contributed by atoms with Gasteiger partial charge in [0.2, 0.25) is 11.9 Å². The van der Waals surface area contributed by atoms with Gasteiger partial charge in [-0.05, 0) is 6.42 Å². The molecule has 0 aromatic carbocycles. The van der Waals surface area contributed by atoms with Gasteiger partial charge in [0.05, 0.1) is 0 Å². The maximum absolute atomic E-state index is 11.3. The smallest absolute Gasteiger partial charge is 0.223 e. The predicted octanol–water partition coefficient (Wildman–Crippen LogP) is -0.300. The SMILES string of the molecule is CC(=O)N1CCCN(c2cc(N)nc(N)n2)CC1. The molecule has 0 atom stereocenters. The van der Waals surface area contributed by atoms with Crippen molar-refractivity contribution in [3.63, 3.8) is 0 Å². The number of amides is 1. The number of rotatable bonds is 1. The molecule has 2 heterocycles. The zero-order valence-electron chi connectivity index (χ0n) is 10.5. The molecule has 1 aliphatic heterocycles. The lowest BCUT2D eigenvalue weighted by Gasteiger charge is -2.22. The van der Waals surface area contributed by atoms with E-state index in [1.165, 1.54) is 0 Å². The molecule has 0 unspecified atom stereocenters. The lowest BCUT2D eigenvalue weighted by molar-refractivity contribution is -0.128. The van der Waals surface area contributed by atoms with E-state index in [9.17, 15) is 4.79 Å². The summed E-state index contributed by atoms with van der Waals surface area (Å²) in [6, 6.07) is 1.71. The number of carbonyl (C=O) groups is 1. The van der Waals surface area contributed by atoms with Gasteiger partial charge in [-0.2, -0.15) is 9.97 Å². The third kappa shape index (κ3) is 2.79. The molecule has 1 aromatic heterocycles. The number of anilines is 3. The van der Waals surface area contributed by atoms with E-state index in [0.29, 0.717) is 12.4 Å². The largest absolute Gasteiger partial charge is 0.383 e. The van der Waals surface area contributed by atoms with Gasteiger partial charge in [0, 0.05) is 39.2 Å². The highest BCUT2D eigenvalue weighted by atomic mass is 16.2. The summed E-state index contributed by atoms with van der Waals surface area (Å²) in [5.41, 5.74) is 11.2. The first kappa shape index (κ1) is 12.4. The summed E-state index contributed by atoms with van der Waals surface area (Å²) >= 11 is 0. The molecule has 0 aliphatic carbocycles. The quantitative estimate of drug-likeness (QED) is 0.709. The van der Waals surface area contributed by atoms with Gasteiger partial charge in [0.25, 0.3) is 0 Å². The van der Waals surface area contributed by atoms with Crippen molar-refractivity contribution in [2.75, 3.05) is 42.5 Å². The molecule has 7 nitrogen and oxygen atoms in total. The summed E-state index contributed by atoms with van der Waals surface area (Å²) in [6.45, 7) is 4.63. The number of nitrogens with zero attached hydrogens (tertiary/aromatic N) is 4. The number of hydrogen-bond acceptors (Lipinski definition) is 6. The van der Waals surface area contributed by atoms with E-state index in [-0.39, 0.29) is 11.9 Å². The second-order valence-corrected chi connectivity index (χ2v) is 4.36. The minimum Gasteiger partial charge on any atom is -0.383 e. The molecule has 1 amide bonds. The van der Waals surface area contributed by atoms with Gasteiger partial charge < -0.3 is 21.3 Å². The van der Waals surface area contributed by atoms with Crippen LogP contribution in [0, 0.1) is 0 Å². The summed E-state index contributed by atoms with van der Waals surface area (Å²) in [6.07, 6.45) is 0.906. The van der Waals surface area contributed by atoms with Gasteiger partial charge in [0.15, 0.2) is 0 Å². The van der Waals surface area contributed by atoms with E-state index < -0.39 is 0 Å². The van der Waals surface area contributed by atoms with Gasteiger partial charge in [-0.3, -0.25) is 4.79 Å². The molecule has 1 saturated heterocycles. The lowest BCUT2D eigenvalue weighted by Crippen LogP contribution is -2.34.